The van der Waals surface area contributed by atoms with Gasteiger partial charge in [0.1, 0.15) is 6.04 Å². The monoisotopic (exact) mass is 397 g/mol. The molecule has 27 heavy (non-hydrogen) atoms. The minimum Gasteiger partial charge on any atom is -0.467 e. The Balaban J connectivity index is 1.85. The molecule has 1 aliphatic rings. The molecule has 0 saturated carbocycles. The van der Waals surface area contributed by atoms with E-state index in [9.17, 15) is 9.59 Å². The van der Waals surface area contributed by atoms with Crippen LogP contribution < -0.4 is 4.90 Å². The molecule has 1 aliphatic heterocycles. The first-order valence-corrected chi connectivity index (χ1v) is 10.4. The second kappa shape index (κ2) is 7.29. The smallest absolute Gasteiger partial charge is 0.329 e. The van der Waals surface area contributed by atoms with Crippen LogP contribution in [0.15, 0.2) is 53.2 Å². The lowest BCUT2D eigenvalue weighted by Crippen LogP contribution is -2.41. The van der Waals surface area contributed by atoms with Crippen LogP contribution >= 0.6 is 22.7 Å². The number of benzene rings is 1. The molecule has 0 spiro atoms. The summed E-state index contributed by atoms with van der Waals surface area (Å²) >= 11 is 3.19. The number of anilines is 1. The van der Waals surface area contributed by atoms with Crippen molar-refractivity contribution in [2.24, 2.45) is 0 Å². The highest BCUT2D eigenvalue weighted by Crippen LogP contribution is 2.44. The number of aryl methyl sites for hydroxylation is 1. The number of nitrogens with zero attached hydrogens (tertiary/aromatic N) is 1. The van der Waals surface area contributed by atoms with E-state index in [1.165, 1.54) is 7.11 Å². The summed E-state index contributed by atoms with van der Waals surface area (Å²) in [7, 11) is 1.38. The number of rotatable bonds is 4. The highest BCUT2D eigenvalue weighted by molar-refractivity contribution is 7.13. The maximum Gasteiger partial charge on any atom is 0.329 e. The van der Waals surface area contributed by atoms with Crippen LogP contribution in [-0.2, 0) is 14.3 Å². The number of hydrogen-bond acceptors (Lipinski definition) is 5. The third-order valence-electron chi connectivity index (χ3n) is 4.87. The van der Waals surface area contributed by atoms with Crippen molar-refractivity contribution in [3.05, 3.63) is 63.7 Å². The van der Waals surface area contributed by atoms with E-state index in [0.29, 0.717) is 6.42 Å². The summed E-state index contributed by atoms with van der Waals surface area (Å²) < 4.78 is 5.09. The third-order valence-corrected chi connectivity index (χ3v) is 6.78. The van der Waals surface area contributed by atoms with Gasteiger partial charge in [0, 0.05) is 27.7 Å². The molecule has 0 unspecified atom stereocenters. The van der Waals surface area contributed by atoms with Gasteiger partial charge in [0.2, 0.25) is 5.91 Å². The van der Waals surface area contributed by atoms with Gasteiger partial charge in [-0.2, -0.15) is 0 Å². The van der Waals surface area contributed by atoms with Gasteiger partial charge in [-0.05, 0) is 41.9 Å². The Bertz CT molecular complexity index is 963. The predicted molar refractivity (Wildman–Crippen MR) is 109 cm³/mol. The Kier molecular flexibility index (Phi) is 4.85. The average Bonchev–Trinajstić information content (AvgIpc) is 3.41. The summed E-state index contributed by atoms with van der Waals surface area (Å²) in [4.78, 5) is 29.5. The van der Waals surface area contributed by atoms with Gasteiger partial charge in [-0.25, -0.2) is 4.79 Å². The zero-order chi connectivity index (χ0) is 19.0. The quantitative estimate of drug-likeness (QED) is 0.592. The molecule has 3 aromatic rings. The first-order valence-electron chi connectivity index (χ1n) is 8.68. The lowest BCUT2D eigenvalue weighted by atomic mass is 9.97. The second-order valence-corrected chi connectivity index (χ2v) is 8.48. The molecule has 0 N–H and O–H groups in total. The van der Waals surface area contributed by atoms with Crippen molar-refractivity contribution in [1.29, 1.82) is 0 Å². The van der Waals surface area contributed by atoms with Crippen LogP contribution in [0.4, 0.5) is 5.69 Å². The Labute approximate surface area is 166 Å². The van der Waals surface area contributed by atoms with E-state index in [1.807, 2.05) is 54.1 Å². The fourth-order valence-electron chi connectivity index (χ4n) is 3.66. The maximum atomic E-state index is 13.0. The standard InChI is InChI=1S/C21H19NO3S2/c1-13-7-8-16(14(11-13)17-5-3-9-26-17)22-19(23)12-15(18-6-4-10-27-18)20(22)21(24)25-2/h3-11,15,20H,12H2,1-2H3/t15-,20+/m0/s1. The molecule has 0 aliphatic carbocycles. The van der Waals surface area contributed by atoms with Crippen LogP contribution in [0.25, 0.3) is 10.4 Å². The first kappa shape index (κ1) is 17.9. The first-order chi connectivity index (χ1) is 13.1. The van der Waals surface area contributed by atoms with Crippen molar-refractivity contribution in [3.63, 3.8) is 0 Å². The van der Waals surface area contributed by atoms with E-state index in [0.717, 1.165) is 26.6 Å². The maximum absolute atomic E-state index is 13.0. The zero-order valence-electron chi connectivity index (χ0n) is 15.0. The van der Waals surface area contributed by atoms with Crippen molar-refractivity contribution >= 4 is 40.2 Å². The van der Waals surface area contributed by atoms with E-state index >= 15 is 0 Å². The van der Waals surface area contributed by atoms with E-state index in [4.69, 9.17) is 4.74 Å². The Hall–Kier alpha value is -2.44. The second-order valence-electron chi connectivity index (χ2n) is 6.56. The molecule has 1 aromatic carbocycles. The van der Waals surface area contributed by atoms with Crippen molar-refractivity contribution in [1.82, 2.24) is 0 Å². The molecule has 138 valence electrons. The van der Waals surface area contributed by atoms with Crippen LogP contribution in [-0.4, -0.2) is 25.0 Å². The molecule has 2 aromatic heterocycles. The fraction of sp³-hybridized carbons (Fsp3) is 0.238. The Morgan fingerprint density at radius 3 is 2.59 bits per heavy atom. The van der Waals surface area contributed by atoms with Crippen LogP contribution in [0.2, 0.25) is 0 Å². The topological polar surface area (TPSA) is 46.6 Å². The molecule has 2 atom stereocenters. The van der Waals surface area contributed by atoms with Gasteiger partial charge in [-0.3, -0.25) is 9.69 Å². The molecule has 1 saturated heterocycles. The molecule has 0 bridgehead atoms. The van der Waals surface area contributed by atoms with Crippen molar-refractivity contribution in [3.8, 4) is 10.4 Å². The Morgan fingerprint density at radius 1 is 1.15 bits per heavy atom. The summed E-state index contributed by atoms with van der Waals surface area (Å²) in [5.74, 6) is -0.621. The molecular formula is C21H19NO3S2. The summed E-state index contributed by atoms with van der Waals surface area (Å²) in [5, 5.41) is 3.99. The summed E-state index contributed by atoms with van der Waals surface area (Å²) in [6.45, 7) is 2.03. The van der Waals surface area contributed by atoms with Gasteiger partial charge < -0.3 is 4.74 Å². The fourth-order valence-corrected chi connectivity index (χ4v) is 5.27. The van der Waals surface area contributed by atoms with Gasteiger partial charge >= 0.3 is 5.97 Å². The summed E-state index contributed by atoms with van der Waals surface area (Å²) in [6, 6.07) is 13.3. The third kappa shape index (κ3) is 3.19. The van der Waals surface area contributed by atoms with E-state index < -0.39 is 6.04 Å². The minimum absolute atomic E-state index is 0.0505. The minimum atomic E-state index is -0.650. The number of amides is 1. The molecular weight excluding hydrogens is 378 g/mol. The molecule has 0 radical (unpaired) electrons. The van der Waals surface area contributed by atoms with Crippen molar-refractivity contribution in [2.75, 3.05) is 12.0 Å². The number of hydrogen-bond donors (Lipinski definition) is 0. The van der Waals surface area contributed by atoms with Gasteiger partial charge in [0.05, 0.1) is 12.8 Å². The molecule has 4 nitrogen and oxygen atoms in total. The number of methoxy groups -OCH3 is 1. The number of esters is 1. The SMILES string of the molecule is COC(=O)[C@H]1[C@H](c2cccs2)CC(=O)N1c1ccc(C)cc1-c1cccs1. The average molecular weight is 398 g/mol. The highest BCUT2D eigenvalue weighted by atomic mass is 32.1. The molecule has 1 amide bonds. The number of carbonyl (C=O) groups excluding carboxylic acids is 2. The largest absolute Gasteiger partial charge is 0.467 e. The lowest BCUT2D eigenvalue weighted by Gasteiger charge is -2.27. The summed E-state index contributed by atoms with van der Waals surface area (Å²) in [5.41, 5.74) is 2.85. The number of carbonyl (C=O) groups is 2. The zero-order valence-corrected chi connectivity index (χ0v) is 16.7. The van der Waals surface area contributed by atoms with E-state index in [2.05, 4.69) is 6.07 Å². The van der Waals surface area contributed by atoms with E-state index in [-0.39, 0.29) is 17.8 Å². The van der Waals surface area contributed by atoms with Gasteiger partial charge in [-0.1, -0.05) is 23.8 Å². The predicted octanol–water partition coefficient (Wildman–Crippen LogP) is 4.85. The van der Waals surface area contributed by atoms with Gasteiger partial charge in [0.25, 0.3) is 0 Å². The van der Waals surface area contributed by atoms with E-state index in [1.54, 1.807) is 27.6 Å². The normalized spacial score (nSPS) is 19.5. The van der Waals surface area contributed by atoms with Crippen LogP contribution in [0.5, 0.6) is 0 Å². The lowest BCUT2D eigenvalue weighted by molar-refractivity contribution is -0.142. The van der Waals surface area contributed by atoms with Crippen LogP contribution in [0.3, 0.4) is 0 Å². The van der Waals surface area contributed by atoms with Crippen LogP contribution in [0.1, 0.15) is 22.8 Å². The Morgan fingerprint density at radius 2 is 1.93 bits per heavy atom. The van der Waals surface area contributed by atoms with Gasteiger partial charge in [-0.15, -0.1) is 22.7 Å². The van der Waals surface area contributed by atoms with Crippen molar-refractivity contribution in [2.45, 2.75) is 25.3 Å². The number of thiophene rings is 2. The van der Waals surface area contributed by atoms with Gasteiger partial charge in [0.15, 0.2) is 0 Å². The molecule has 6 heteroatoms. The number of ether oxygens (including phenoxy) is 1. The van der Waals surface area contributed by atoms with Crippen molar-refractivity contribution < 1.29 is 14.3 Å². The summed E-state index contributed by atoms with van der Waals surface area (Å²) in [6.07, 6.45) is 0.304. The molecule has 1 fully saturated rings. The molecule has 4 rings (SSSR count). The molecule has 3 heterocycles. The van der Waals surface area contributed by atoms with Crippen LogP contribution in [0, 0.1) is 6.92 Å². The highest BCUT2D eigenvalue weighted by Gasteiger charge is 2.47.